The van der Waals surface area contributed by atoms with Gasteiger partial charge in [0.25, 0.3) is 0 Å². The zero-order chi connectivity index (χ0) is 36.7. The molecule has 0 saturated heterocycles. The summed E-state index contributed by atoms with van der Waals surface area (Å²) in [5.74, 6) is 1.92. The fraction of sp³-hybridized carbons (Fsp3) is 0.265. The van der Waals surface area contributed by atoms with Gasteiger partial charge < -0.3 is 4.74 Å². The Morgan fingerprint density at radius 1 is 0.442 bits per heavy atom. The lowest BCUT2D eigenvalue weighted by Gasteiger charge is -2.38. The number of thioether (sulfide) groups is 2. The van der Waals surface area contributed by atoms with Gasteiger partial charge in [0, 0.05) is 41.4 Å². The van der Waals surface area contributed by atoms with E-state index in [9.17, 15) is 0 Å². The van der Waals surface area contributed by atoms with E-state index in [-0.39, 0.29) is 14.9 Å². The summed E-state index contributed by atoms with van der Waals surface area (Å²) in [5.41, 5.74) is 17.9. The first kappa shape index (κ1) is 34.9. The quantitative estimate of drug-likeness (QED) is 0.180. The summed E-state index contributed by atoms with van der Waals surface area (Å²) in [6.45, 7) is 23.3. The first-order valence-electron chi connectivity index (χ1n) is 18.4. The van der Waals surface area contributed by atoms with Crippen molar-refractivity contribution in [3.8, 4) is 44.9 Å². The highest BCUT2D eigenvalue weighted by atomic mass is 32.2. The standard InChI is InChI=1S/C49H48OS2/c1-29-25-27-33(31(3)43(29)35-17-15-21-39-45(35)50-41-23-13-11-19-37(41)47(39,5)6)34-28-26-30(2)44(32(34)4)36-18-16-22-40-46(36)52-48(7,8)38-20-12-14-24-42(38)51-49(40,9)10/h11-28H,1-10H3. The van der Waals surface area contributed by atoms with Crippen molar-refractivity contribution >= 4 is 23.5 Å². The van der Waals surface area contributed by atoms with Crippen LogP contribution in [0, 0.1) is 27.7 Å². The van der Waals surface area contributed by atoms with E-state index in [0.29, 0.717) is 0 Å². The average molecular weight is 717 g/mol. The Balaban J connectivity index is 1.30. The Hall–Kier alpha value is -4.18. The van der Waals surface area contributed by atoms with Crippen LogP contribution in [-0.4, -0.2) is 0 Å². The molecule has 6 aromatic carbocycles. The summed E-state index contributed by atoms with van der Waals surface area (Å²) in [6.07, 6.45) is 0. The number of para-hydroxylation sites is 2. The Bertz CT molecular complexity index is 2410. The molecule has 0 spiro atoms. The summed E-state index contributed by atoms with van der Waals surface area (Å²) in [4.78, 5) is 2.76. The molecule has 0 fully saturated rings. The van der Waals surface area contributed by atoms with Gasteiger partial charge >= 0.3 is 0 Å². The molecule has 3 heteroatoms. The van der Waals surface area contributed by atoms with E-state index in [4.69, 9.17) is 4.74 Å². The molecule has 0 amide bonds. The number of hydrogen-bond acceptors (Lipinski definition) is 3. The summed E-state index contributed by atoms with van der Waals surface area (Å²) >= 11 is 4.01. The molecule has 262 valence electrons. The van der Waals surface area contributed by atoms with E-state index in [0.717, 1.165) is 17.1 Å². The number of fused-ring (bicyclic) bond motifs is 4. The SMILES string of the molecule is Cc1ccc(-c2ccc(C)c(-c3cccc4c3SC(C)(C)c3ccccc3SC4(C)C)c2C)c(C)c1-c1cccc2c1Oc1ccccc1C2(C)C. The third kappa shape index (κ3) is 5.46. The molecule has 2 aliphatic heterocycles. The normalized spacial score (nSPS) is 16.3. The van der Waals surface area contributed by atoms with Gasteiger partial charge in [-0.2, -0.15) is 0 Å². The number of hydrogen-bond donors (Lipinski definition) is 0. The van der Waals surface area contributed by atoms with Gasteiger partial charge in [0.15, 0.2) is 0 Å². The largest absolute Gasteiger partial charge is 0.456 e. The van der Waals surface area contributed by atoms with Gasteiger partial charge in [-0.15, -0.1) is 23.5 Å². The fourth-order valence-electron chi connectivity index (χ4n) is 8.78. The Morgan fingerprint density at radius 3 is 1.63 bits per heavy atom. The van der Waals surface area contributed by atoms with Gasteiger partial charge in [0.2, 0.25) is 0 Å². The van der Waals surface area contributed by atoms with Gasteiger partial charge in [-0.1, -0.05) is 111 Å². The lowest BCUT2D eigenvalue weighted by atomic mass is 9.74. The van der Waals surface area contributed by atoms with Crippen LogP contribution in [0.2, 0.25) is 0 Å². The predicted octanol–water partition coefficient (Wildman–Crippen LogP) is 14.7. The second kappa shape index (κ2) is 12.5. The summed E-state index contributed by atoms with van der Waals surface area (Å²) in [6, 6.07) is 40.4. The van der Waals surface area contributed by atoms with Crippen molar-refractivity contribution in [3.63, 3.8) is 0 Å². The van der Waals surface area contributed by atoms with Gasteiger partial charge in [-0.3, -0.25) is 0 Å². The topological polar surface area (TPSA) is 9.23 Å². The molecular weight excluding hydrogens is 669 g/mol. The fourth-order valence-corrected chi connectivity index (χ4v) is 11.8. The summed E-state index contributed by atoms with van der Waals surface area (Å²) in [7, 11) is 0. The minimum atomic E-state index is -0.170. The highest BCUT2D eigenvalue weighted by Gasteiger charge is 2.38. The molecular formula is C49H48OS2. The Kier molecular flexibility index (Phi) is 8.36. The van der Waals surface area contributed by atoms with E-state index in [2.05, 4.69) is 178 Å². The van der Waals surface area contributed by atoms with E-state index in [1.807, 2.05) is 23.5 Å². The van der Waals surface area contributed by atoms with Crippen LogP contribution in [0.5, 0.6) is 11.5 Å². The lowest BCUT2D eigenvalue weighted by Crippen LogP contribution is -2.24. The van der Waals surface area contributed by atoms with Gasteiger partial charge in [-0.25, -0.2) is 0 Å². The molecule has 0 radical (unpaired) electrons. The van der Waals surface area contributed by atoms with Crippen molar-refractivity contribution < 1.29 is 4.74 Å². The van der Waals surface area contributed by atoms with Crippen LogP contribution < -0.4 is 4.74 Å². The third-order valence-electron chi connectivity index (χ3n) is 11.6. The lowest BCUT2D eigenvalue weighted by molar-refractivity contribution is 0.419. The van der Waals surface area contributed by atoms with Crippen molar-refractivity contribution in [2.75, 3.05) is 0 Å². The van der Waals surface area contributed by atoms with Gasteiger partial charge in [0.05, 0.1) is 0 Å². The number of ether oxygens (including phenoxy) is 1. The molecule has 2 aliphatic rings. The molecule has 0 saturated carbocycles. The zero-order valence-corrected chi connectivity index (χ0v) is 33.8. The van der Waals surface area contributed by atoms with Crippen LogP contribution in [0.1, 0.15) is 86.1 Å². The smallest absolute Gasteiger partial charge is 0.139 e. The van der Waals surface area contributed by atoms with Crippen LogP contribution in [0.4, 0.5) is 0 Å². The second-order valence-electron chi connectivity index (χ2n) is 16.2. The molecule has 6 aromatic rings. The molecule has 2 heterocycles. The van der Waals surface area contributed by atoms with Crippen LogP contribution in [0.25, 0.3) is 33.4 Å². The van der Waals surface area contributed by atoms with E-state index in [1.54, 1.807) is 0 Å². The highest BCUT2D eigenvalue weighted by molar-refractivity contribution is 8.02. The Morgan fingerprint density at radius 2 is 0.962 bits per heavy atom. The van der Waals surface area contributed by atoms with Crippen molar-refractivity contribution in [2.24, 2.45) is 0 Å². The van der Waals surface area contributed by atoms with Crippen molar-refractivity contribution in [1.29, 1.82) is 0 Å². The maximum absolute atomic E-state index is 6.79. The molecule has 8 rings (SSSR count). The van der Waals surface area contributed by atoms with Crippen LogP contribution >= 0.6 is 23.5 Å². The molecule has 1 nitrogen and oxygen atoms in total. The summed E-state index contributed by atoms with van der Waals surface area (Å²) in [5, 5.41) is 0. The minimum Gasteiger partial charge on any atom is -0.456 e. The zero-order valence-electron chi connectivity index (χ0n) is 32.1. The highest BCUT2D eigenvalue weighted by Crippen LogP contribution is 2.58. The monoisotopic (exact) mass is 716 g/mol. The van der Waals surface area contributed by atoms with Crippen molar-refractivity contribution in [3.05, 3.63) is 154 Å². The predicted molar refractivity (Wildman–Crippen MR) is 225 cm³/mol. The molecule has 0 aliphatic carbocycles. The van der Waals surface area contributed by atoms with Gasteiger partial charge in [0.1, 0.15) is 11.5 Å². The first-order valence-corrected chi connectivity index (χ1v) is 20.1. The van der Waals surface area contributed by atoms with Crippen LogP contribution in [-0.2, 0) is 14.9 Å². The molecule has 0 atom stereocenters. The summed E-state index contributed by atoms with van der Waals surface area (Å²) < 4.78 is 6.60. The second-order valence-corrected chi connectivity index (χ2v) is 19.5. The number of benzene rings is 6. The molecule has 0 aromatic heterocycles. The number of aryl methyl sites for hydroxylation is 2. The third-order valence-corrected chi connectivity index (χ3v) is 14.2. The molecule has 52 heavy (non-hydrogen) atoms. The maximum Gasteiger partial charge on any atom is 0.139 e. The van der Waals surface area contributed by atoms with E-state index >= 15 is 0 Å². The van der Waals surface area contributed by atoms with Crippen molar-refractivity contribution in [1.82, 2.24) is 0 Å². The van der Waals surface area contributed by atoms with Gasteiger partial charge in [-0.05, 0) is 129 Å². The van der Waals surface area contributed by atoms with E-state index in [1.165, 1.54) is 82.1 Å². The maximum atomic E-state index is 6.79. The molecule has 0 N–H and O–H groups in total. The van der Waals surface area contributed by atoms with Crippen molar-refractivity contribution in [2.45, 2.75) is 93.9 Å². The average Bonchev–Trinajstić information content (AvgIpc) is 3.09. The van der Waals surface area contributed by atoms with Crippen LogP contribution in [0.15, 0.2) is 119 Å². The van der Waals surface area contributed by atoms with Crippen LogP contribution in [0.3, 0.4) is 0 Å². The molecule has 0 unspecified atom stereocenters. The minimum absolute atomic E-state index is 0.0984. The molecule has 0 bridgehead atoms. The van der Waals surface area contributed by atoms with E-state index < -0.39 is 0 Å². The number of rotatable bonds is 3. The first-order chi connectivity index (χ1) is 24.7. The Labute approximate surface area is 319 Å².